The third-order valence-corrected chi connectivity index (χ3v) is 8.84. The number of fused-ring (bicyclic) bond motifs is 1. The van der Waals surface area contributed by atoms with Gasteiger partial charge in [-0.15, -0.1) is 0 Å². The molecular weight excluding hydrogens is 587 g/mol. The highest BCUT2D eigenvalue weighted by Gasteiger charge is 2.34. The van der Waals surface area contributed by atoms with E-state index in [2.05, 4.69) is 4.98 Å². The number of carbonyl (C=O) groups is 1. The summed E-state index contributed by atoms with van der Waals surface area (Å²) in [5, 5.41) is 9.48. The summed E-state index contributed by atoms with van der Waals surface area (Å²) in [5.74, 6) is -0.219. The molecule has 9 nitrogen and oxygen atoms in total. The zero-order valence-electron chi connectivity index (χ0n) is 23.0. The Labute approximate surface area is 246 Å². The van der Waals surface area contributed by atoms with E-state index in [1.165, 1.54) is 16.4 Å². The van der Waals surface area contributed by atoms with Crippen LogP contribution >= 0.6 is 0 Å². The van der Waals surface area contributed by atoms with Crippen molar-refractivity contribution in [2.24, 2.45) is 0 Å². The van der Waals surface area contributed by atoms with Gasteiger partial charge in [0.25, 0.3) is 0 Å². The van der Waals surface area contributed by atoms with E-state index in [-0.39, 0.29) is 25.6 Å². The fourth-order valence-corrected chi connectivity index (χ4v) is 6.43. The van der Waals surface area contributed by atoms with Crippen molar-refractivity contribution in [2.45, 2.75) is 39.1 Å². The van der Waals surface area contributed by atoms with Crippen molar-refractivity contribution in [2.75, 3.05) is 17.4 Å². The first-order chi connectivity index (χ1) is 20.4. The molecule has 0 amide bonds. The number of aromatic nitrogens is 1. The second-order valence-electron chi connectivity index (χ2n) is 10.0. The van der Waals surface area contributed by atoms with E-state index in [1.807, 2.05) is 12.1 Å². The molecule has 0 aliphatic carbocycles. The Morgan fingerprint density at radius 2 is 1.77 bits per heavy atom. The van der Waals surface area contributed by atoms with Crippen molar-refractivity contribution < 1.29 is 40.6 Å². The van der Waals surface area contributed by atoms with Crippen molar-refractivity contribution in [1.29, 1.82) is 0 Å². The Morgan fingerprint density at radius 1 is 1.07 bits per heavy atom. The Hall–Kier alpha value is -4.36. The molecule has 1 aliphatic rings. The van der Waals surface area contributed by atoms with E-state index in [9.17, 15) is 31.5 Å². The number of oxazole rings is 1. The van der Waals surface area contributed by atoms with E-state index in [4.69, 9.17) is 9.15 Å². The van der Waals surface area contributed by atoms with E-state index in [0.717, 1.165) is 28.4 Å². The van der Waals surface area contributed by atoms with Gasteiger partial charge in [-0.05, 0) is 73.4 Å². The first kappa shape index (κ1) is 30.1. The van der Waals surface area contributed by atoms with Crippen LogP contribution in [0.4, 0.5) is 18.9 Å². The number of hydrogen-bond donors (Lipinski definition) is 1. The first-order valence-corrected chi connectivity index (χ1v) is 14.7. The summed E-state index contributed by atoms with van der Waals surface area (Å²) in [5.41, 5.74) is 2.08. The number of aliphatic carboxylic acids is 1. The lowest BCUT2D eigenvalue weighted by molar-refractivity contribution is -0.138. The van der Waals surface area contributed by atoms with Crippen molar-refractivity contribution in [3.05, 3.63) is 101 Å². The summed E-state index contributed by atoms with van der Waals surface area (Å²) in [6, 6.07) is 18.2. The molecule has 3 aromatic carbocycles. The smallest absolute Gasteiger partial charge is 0.416 e. The number of alkyl halides is 3. The quantitative estimate of drug-likeness (QED) is 0.239. The number of para-hydroxylation sites is 1. The van der Waals surface area contributed by atoms with Crippen LogP contribution in [-0.2, 0) is 40.8 Å². The van der Waals surface area contributed by atoms with E-state index in [0.29, 0.717) is 40.4 Å². The maximum atomic E-state index is 13.6. The second kappa shape index (κ2) is 12.1. The summed E-state index contributed by atoms with van der Waals surface area (Å²) in [7, 11) is -4.14. The molecule has 2 heterocycles. The number of rotatable bonds is 10. The summed E-state index contributed by atoms with van der Waals surface area (Å²) >= 11 is 0. The zero-order valence-corrected chi connectivity index (χ0v) is 23.9. The van der Waals surface area contributed by atoms with Gasteiger partial charge in [0.15, 0.2) is 0 Å². The summed E-state index contributed by atoms with van der Waals surface area (Å²) in [4.78, 5) is 16.0. The first-order valence-electron chi connectivity index (χ1n) is 13.3. The van der Waals surface area contributed by atoms with Crippen LogP contribution in [0.15, 0.2) is 77.2 Å². The van der Waals surface area contributed by atoms with Gasteiger partial charge in [0, 0.05) is 18.7 Å². The highest BCUT2D eigenvalue weighted by molar-refractivity contribution is 7.90. The fraction of sp³-hybridized carbons (Fsp3) is 0.267. The van der Waals surface area contributed by atoms with Crippen LogP contribution < -0.4 is 9.04 Å². The highest BCUT2D eigenvalue weighted by Crippen LogP contribution is 2.32. The van der Waals surface area contributed by atoms with Gasteiger partial charge < -0.3 is 14.3 Å². The molecule has 5 rings (SSSR count). The number of hydrogen-bond acceptors (Lipinski definition) is 6. The van der Waals surface area contributed by atoms with Gasteiger partial charge in [0.05, 0.1) is 11.3 Å². The third-order valence-electron chi connectivity index (χ3n) is 6.99. The molecule has 0 fully saturated rings. The predicted molar refractivity (Wildman–Crippen MR) is 152 cm³/mol. The number of benzene rings is 3. The molecule has 4 aromatic rings. The largest absolute Gasteiger partial charge is 0.487 e. The molecule has 0 saturated carbocycles. The molecule has 0 spiro atoms. The van der Waals surface area contributed by atoms with Crippen LogP contribution in [0.1, 0.15) is 34.6 Å². The van der Waals surface area contributed by atoms with Gasteiger partial charge in [0.2, 0.25) is 5.89 Å². The maximum Gasteiger partial charge on any atom is 0.416 e. The Kier molecular flexibility index (Phi) is 8.47. The van der Waals surface area contributed by atoms with Crippen molar-refractivity contribution in [3.8, 4) is 17.2 Å². The monoisotopic (exact) mass is 615 g/mol. The van der Waals surface area contributed by atoms with Gasteiger partial charge in [-0.25, -0.2) is 4.98 Å². The molecule has 1 N–H and O–H groups in total. The molecule has 0 unspecified atom stereocenters. The van der Waals surface area contributed by atoms with Crippen molar-refractivity contribution in [3.63, 3.8) is 0 Å². The second-order valence-corrected chi connectivity index (χ2v) is 11.9. The predicted octanol–water partition coefficient (Wildman–Crippen LogP) is 5.83. The normalized spacial score (nSPS) is 13.7. The molecule has 13 heteroatoms. The molecular formula is C30H28F3N3O6S. The maximum absolute atomic E-state index is 13.6. The van der Waals surface area contributed by atoms with Crippen LogP contribution in [0.3, 0.4) is 0 Å². The summed E-state index contributed by atoms with van der Waals surface area (Å²) in [6.45, 7) is 1.08. The molecule has 0 bridgehead atoms. The number of anilines is 1. The standard InChI is InChI=1S/C30H28F3N3O6S/c1-20-26(34-29(42-20)23-10-12-24(13-11-23)30(31,32)33)19-41-25-14-8-21(9-15-25)17-35(18-28(37)38)43(39,40)36-16-4-6-22-5-2-3-7-27(22)36/h2-3,5,7-15H,4,6,16-19H2,1H3,(H,37,38). The van der Waals surface area contributed by atoms with Crippen LogP contribution in [-0.4, -0.2) is 41.9 Å². The Bertz CT molecular complexity index is 1700. The zero-order chi connectivity index (χ0) is 30.8. The minimum absolute atomic E-state index is 0.0171. The lowest BCUT2D eigenvalue weighted by atomic mass is 10.0. The molecule has 0 radical (unpaired) electrons. The Balaban J connectivity index is 1.26. The van der Waals surface area contributed by atoms with Gasteiger partial charge in [-0.3, -0.25) is 9.10 Å². The van der Waals surface area contributed by atoms with Gasteiger partial charge in [0.1, 0.15) is 30.4 Å². The molecule has 226 valence electrons. The summed E-state index contributed by atoms with van der Waals surface area (Å²) in [6.07, 6.45) is -3.07. The van der Waals surface area contributed by atoms with Crippen LogP contribution in [0.2, 0.25) is 0 Å². The minimum Gasteiger partial charge on any atom is -0.487 e. The molecule has 43 heavy (non-hydrogen) atoms. The number of ether oxygens (including phenoxy) is 1. The van der Waals surface area contributed by atoms with Crippen molar-refractivity contribution in [1.82, 2.24) is 9.29 Å². The van der Waals surface area contributed by atoms with Gasteiger partial charge in [-0.2, -0.15) is 25.9 Å². The average molecular weight is 616 g/mol. The lowest BCUT2D eigenvalue weighted by Gasteiger charge is -2.34. The summed E-state index contributed by atoms with van der Waals surface area (Å²) < 4.78 is 79.4. The topological polar surface area (TPSA) is 113 Å². The van der Waals surface area contributed by atoms with Crippen LogP contribution in [0.5, 0.6) is 5.75 Å². The number of aryl methyl sites for hydroxylation is 2. The lowest BCUT2D eigenvalue weighted by Crippen LogP contribution is -2.47. The van der Waals surface area contributed by atoms with E-state index < -0.39 is 34.5 Å². The number of carboxylic acids is 1. The van der Waals surface area contributed by atoms with E-state index >= 15 is 0 Å². The average Bonchev–Trinajstić information content (AvgIpc) is 3.35. The Morgan fingerprint density at radius 3 is 2.44 bits per heavy atom. The minimum atomic E-state index is -4.44. The SMILES string of the molecule is Cc1oc(-c2ccc(C(F)(F)F)cc2)nc1COc1ccc(CN(CC(=O)O)S(=O)(=O)N2CCCc3ccccc32)cc1. The van der Waals surface area contributed by atoms with Gasteiger partial charge >= 0.3 is 22.4 Å². The number of nitrogens with zero attached hydrogens (tertiary/aromatic N) is 3. The van der Waals surface area contributed by atoms with Gasteiger partial charge in [-0.1, -0.05) is 30.3 Å². The molecule has 1 aromatic heterocycles. The third kappa shape index (κ3) is 6.83. The molecule has 1 aliphatic heterocycles. The van der Waals surface area contributed by atoms with Crippen molar-refractivity contribution >= 4 is 21.9 Å². The van der Waals surface area contributed by atoms with Crippen LogP contribution in [0, 0.1) is 6.92 Å². The highest BCUT2D eigenvalue weighted by atomic mass is 32.2. The van der Waals surface area contributed by atoms with Crippen LogP contribution in [0.25, 0.3) is 11.5 Å². The fourth-order valence-electron chi connectivity index (χ4n) is 4.78. The van der Waals surface area contributed by atoms with E-state index in [1.54, 1.807) is 43.3 Å². The number of carboxylic acid groups (broad SMARTS) is 1. The molecule has 0 saturated heterocycles. The molecule has 0 atom stereocenters. The number of halogens is 3.